The molecule has 0 radical (unpaired) electrons. The molecule has 6 rings (SSSR count). The van der Waals surface area contributed by atoms with Crippen LogP contribution in [0.5, 0.6) is 0 Å². The Labute approximate surface area is 219 Å². The van der Waals surface area contributed by atoms with Crippen molar-refractivity contribution >= 4 is 28.9 Å². The van der Waals surface area contributed by atoms with Crippen LogP contribution in [0.3, 0.4) is 0 Å². The highest BCUT2D eigenvalue weighted by atomic mass is 16.5. The van der Waals surface area contributed by atoms with Gasteiger partial charge in [-0.3, -0.25) is 18.8 Å². The number of fused-ring (bicyclic) bond motifs is 2. The van der Waals surface area contributed by atoms with Crippen LogP contribution in [0, 0.1) is 5.41 Å². The maximum absolute atomic E-state index is 13.4. The molecule has 1 fully saturated rings. The first-order chi connectivity index (χ1) is 18.3. The van der Waals surface area contributed by atoms with E-state index < -0.39 is 0 Å². The van der Waals surface area contributed by atoms with Crippen molar-refractivity contribution in [2.75, 3.05) is 24.8 Å². The first-order valence-electron chi connectivity index (χ1n) is 12.7. The normalized spacial score (nSPS) is 19.7. The van der Waals surface area contributed by atoms with Crippen molar-refractivity contribution in [1.82, 2.24) is 34.3 Å². The molecule has 1 saturated carbocycles. The minimum atomic E-state index is -0.267. The monoisotopic (exact) mass is 517 g/mol. The Hall–Kier alpha value is -4.19. The SMILES string of the molecule is CNc1cc(Nc2cccn(-c3cc4n(n3)CC(C)(C)C4)c2=O)nc2c(C(=O)N[C@@H]3CC[C@H]3OC)cnn12. The lowest BCUT2D eigenvalue weighted by molar-refractivity contribution is 0.00732. The lowest BCUT2D eigenvalue weighted by atomic mass is 9.89. The fraction of sp³-hybridized carbons (Fsp3) is 0.423. The molecular weight excluding hydrogens is 486 g/mol. The molecule has 12 heteroatoms. The van der Waals surface area contributed by atoms with Crippen LogP contribution in [0.15, 0.2) is 41.5 Å². The van der Waals surface area contributed by atoms with E-state index in [4.69, 9.17) is 4.74 Å². The number of amides is 1. The molecule has 198 valence electrons. The van der Waals surface area contributed by atoms with Gasteiger partial charge in [-0.25, -0.2) is 4.98 Å². The first kappa shape index (κ1) is 24.2. The van der Waals surface area contributed by atoms with Gasteiger partial charge in [0.2, 0.25) is 0 Å². The Morgan fingerprint density at radius 3 is 2.79 bits per heavy atom. The van der Waals surface area contributed by atoms with E-state index in [0.717, 1.165) is 31.5 Å². The lowest BCUT2D eigenvalue weighted by Crippen LogP contribution is -2.51. The van der Waals surface area contributed by atoms with E-state index in [-0.39, 0.29) is 29.0 Å². The van der Waals surface area contributed by atoms with E-state index in [0.29, 0.717) is 34.4 Å². The zero-order valence-corrected chi connectivity index (χ0v) is 21.9. The van der Waals surface area contributed by atoms with E-state index in [1.165, 1.54) is 10.8 Å². The highest BCUT2D eigenvalue weighted by Crippen LogP contribution is 2.32. The second kappa shape index (κ2) is 8.98. The highest BCUT2D eigenvalue weighted by molar-refractivity contribution is 6.00. The summed E-state index contributed by atoms with van der Waals surface area (Å²) in [4.78, 5) is 31.1. The average molecular weight is 518 g/mol. The molecule has 12 nitrogen and oxygen atoms in total. The van der Waals surface area contributed by atoms with Gasteiger partial charge in [0.1, 0.15) is 22.9 Å². The van der Waals surface area contributed by atoms with Crippen molar-refractivity contribution < 1.29 is 9.53 Å². The Bertz CT molecular complexity index is 1570. The average Bonchev–Trinajstić information content (AvgIpc) is 3.53. The number of nitrogens with one attached hydrogen (secondary N) is 3. The largest absolute Gasteiger partial charge is 0.379 e. The van der Waals surface area contributed by atoms with Gasteiger partial charge in [0.05, 0.1) is 18.3 Å². The van der Waals surface area contributed by atoms with Gasteiger partial charge in [-0.05, 0) is 36.8 Å². The molecule has 1 aliphatic carbocycles. The van der Waals surface area contributed by atoms with E-state index in [2.05, 4.69) is 45.0 Å². The predicted octanol–water partition coefficient (Wildman–Crippen LogP) is 2.35. The Balaban J connectivity index is 1.30. The third-order valence-corrected chi connectivity index (χ3v) is 7.35. The summed E-state index contributed by atoms with van der Waals surface area (Å²) >= 11 is 0. The Kier molecular flexibility index (Phi) is 5.71. The van der Waals surface area contributed by atoms with E-state index in [9.17, 15) is 9.59 Å². The van der Waals surface area contributed by atoms with Crippen molar-refractivity contribution in [2.24, 2.45) is 5.41 Å². The molecular formula is C26H31N9O3. The fourth-order valence-corrected chi connectivity index (χ4v) is 5.22. The topological polar surface area (TPSA) is 132 Å². The van der Waals surface area contributed by atoms with Crippen LogP contribution in [-0.2, 0) is 17.7 Å². The minimum Gasteiger partial charge on any atom is -0.379 e. The number of pyridine rings is 1. The standard InChI is InChI=1S/C26H31N9O3/c1-26(2)12-15-10-22(32-34(15)14-26)33-9-5-6-18(25(33)37)29-20-11-21(27-3)35-23(31-20)16(13-28-35)24(36)30-17-7-8-19(17)38-4/h5-6,9-11,13,17,19,27H,7-8,12,14H2,1-4H3,(H,29,31)(H,30,36)/t17-,19-/m1/s1. The van der Waals surface area contributed by atoms with Gasteiger partial charge in [0.25, 0.3) is 11.5 Å². The summed E-state index contributed by atoms with van der Waals surface area (Å²) in [7, 11) is 3.40. The fourth-order valence-electron chi connectivity index (χ4n) is 5.22. The predicted molar refractivity (Wildman–Crippen MR) is 142 cm³/mol. The number of hydrogen-bond donors (Lipinski definition) is 3. The molecule has 1 aliphatic heterocycles. The molecule has 0 aromatic carbocycles. The number of carbonyl (C=O) groups is 1. The molecule has 0 unspecified atom stereocenters. The summed E-state index contributed by atoms with van der Waals surface area (Å²) in [5.74, 6) is 1.33. The number of aromatic nitrogens is 6. The van der Waals surface area contributed by atoms with Crippen LogP contribution in [0.1, 0.15) is 42.7 Å². The second-order valence-electron chi connectivity index (χ2n) is 10.7. The van der Waals surface area contributed by atoms with Crippen molar-refractivity contribution in [3.63, 3.8) is 0 Å². The zero-order chi connectivity index (χ0) is 26.6. The van der Waals surface area contributed by atoms with Crippen molar-refractivity contribution in [1.29, 1.82) is 0 Å². The molecule has 2 atom stereocenters. The van der Waals surface area contributed by atoms with E-state index in [1.807, 2.05) is 10.7 Å². The first-order valence-corrected chi connectivity index (χ1v) is 12.7. The van der Waals surface area contributed by atoms with Crippen molar-refractivity contribution in [3.05, 3.63) is 58.3 Å². The minimum absolute atomic E-state index is 0.0158. The molecule has 4 aromatic rings. The zero-order valence-electron chi connectivity index (χ0n) is 21.9. The summed E-state index contributed by atoms with van der Waals surface area (Å²) in [6, 6.07) is 7.15. The van der Waals surface area contributed by atoms with Crippen molar-refractivity contribution in [2.45, 2.75) is 51.8 Å². The van der Waals surface area contributed by atoms with Crippen LogP contribution in [-0.4, -0.2) is 61.2 Å². The maximum atomic E-state index is 13.4. The number of hydrogen-bond acceptors (Lipinski definition) is 8. The maximum Gasteiger partial charge on any atom is 0.280 e. The molecule has 0 bridgehead atoms. The third-order valence-electron chi connectivity index (χ3n) is 7.35. The highest BCUT2D eigenvalue weighted by Gasteiger charge is 2.33. The molecule has 0 spiro atoms. The van der Waals surface area contributed by atoms with Gasteiger partial charge >= 0.3 is 0 Å². The van der Waals surface area contributed by atoms with Gasteiger partial charge in [-0.1, -0.05) is 13.8 Å². The van der Waals surface area contributed by atoms with Crippen LogP contribution < -0.4 is 21.5 Å². The molecule has 0 saturated heterocycles. The summed E-state index contributed by atoms with van der Waals surface area (Å²) in [5, 5.41) is 18.2. The van der Waals surface area contributed by atoms with Gasteiger partial charge in [0.15, 0.2) is 11.5 Å². The number of carbonyl (C=O) groups excluding carboxylic acids is 1. The lowest BCUT2D eigenvalue weighted by Gasteiger charge is -2.35. The second-order valence-corrected chi connectivity index (χ2v) is 10.7. The molecule has 3 N–H and O–H groups in total. The molecule has 5 heterocycles. The van der Waals surface area contributed by atoms with E-state index >= 15 is 0 Å². The Morgan fingerprint density at radius 1 is 1.24 bits per heavy atom. The van der Waals surface area contributed by atoms with Crippen molar-refractivity contribution in [3.8, 4) is 5.82 Å². The van der Waals surface area contributed by atoms with Gasteiger partial charge in [0, 0.05) is 44.7 Å². The van der Waals surface area contributed by atoms with Crippen LogP contribution >= 0.6 is 0 Å². The van der Waals surface area contributed by atoms with Gasteiger partial charge in [-0.2, -0.15) is 14.7 Å². The molecule has 4 aromatic heterocycles. The number of nitrogens with zero attached hydrogens (tertiary/aromatic N) is 6. The van der Waals surface area contributed by atoms with E-state index in [1.54, 1.807) is 43.1 Å². The Morgan fingerprint density at radius 2 is 2.08 bits per heavy atom. The number of methoxy groups -OCH3 is 1. The van der Waals surface area contributed by atoms with Gasteiger partial charge in [-0.15, -0.1) is 0 Å². The smallest absolute Gasteiger partial charge is 0.280 e. The van der Waals surface area contributed by atoms with Gasteiger partial charge < -0.3 is 20.7 Å². The number of rotatable bonds is 7. The molecule has 2 aliphatic rings. The summed E-state index contributed by atoms with van der Waals surface area (Å²) in [6.45, 7) is 5.24. The summed E-state index contributed by atoms with van der Waals surface area (Å²) in [5.41, 5.74) is 2.08. The molecule has 38 heavy (non-hydrogen) atoms. The summed E-state index contributed by atoms with van der Waals surface area (Å²) in [6.07, 6.45) is 5.92. The van der Waals surface area contributed by atoms with Crippen LogP contribution in [0.4, 0.5) is 17.3 Å². The number of anilines is 3. The molecule has 1 amide bonds. The third kappa shape index (κ3) is 4.10. The quantitative estimate of drug-likeness (QED) is 0.340. The number of ether oxygens (including phenoxy) is 1. The summed E-state index contributed by atoms with van der Waals surface area (Å²) < 4.78 is 10.5. The van der Waals surface area contributed by atoms with Crippen LogP contribution in [0.25, 0.3) is 11.5 Å². The van der Waals surface area contributed by atoms with Crippen LogP contribution in [0.2, 0.25) is 0 Å².